The maximum Gasteiger partial charge on any atom is 0.305 e. The Morgan fingerprint density at radius 3 is 2.43 bits per heavy atom. The van der Waals surface area contributed by atoms with Gasteiger partial charge < -0.3 is 4.74 Å². The number of rotatable bonds is 7. The van der Waals surface area contributed by atoms with Crippen LogP contribution in [0.3, 0.4) is 0 Å². The van der Waals surface area contributed by atoms with E-state index in [0.29, 0.717) is 21.6 Å². The van der Waals surface area contributed by atoms with E-state index in [4.69, 9.17) is 16.3 Å². The van der Waals surface area contributed by atoms with E-state index in [1.54, 1.807) is 36.4 Å². The van der Waals surface area contributed by atoms with Gasteiger partial charge in [-0.2, -0.15) is 0 Å². The Morgan fingerprint density at radius 2 is 1.79 bits per heavy atom. The summed E-state index contributed by atoms with van der Waals surface area (Å²) in [6.45, 7) is 2.08. The molecule has 0 bridgehead atoms. The van der Waals surface area contributed by atoms with Gasteiger partial charge >= 0.3 is 5.97 Å². The third-order valence-electron chi connectivity index (χ3n) is 4.60. The Morgan fingerprint density at radius 1 is 1.07 bits per heavy atom. The van der Waals surface area contributed by atoms with Gasteiger partial charge in [-0.1, -0.05) is 37.1 Å². The van der Waals surface area contributed by atoms with E-state index in [0.717, 1.165) is 18.4 Å². The van der Waals surface area contributed by atoms with E-state index < -0.39 is 16.0 Å². The fraction of sp³-hybridized carbons (Fsp3) is 0.286. The van der Waals surface area contributed by atoms with Crippen LogP contribution in [-0.4, -0.2) is 25.5 Å². The summed E-state index contributed by atoms with van der Waals surface area (Å²) in [4.78, 5) is 11.8. The predicted molar refractivity (Wildman–Crippen MR) is 110 cm³/mol. The number of hydrogen-bond acceptors (Lipinski definition) is 4. The van der Waals surface area contributed by atoms with Gasteiger partial charge in [0.25, 0.3) is 10.0 Å². The molecule has 0 unspecified atom stereocenters. The minimum Gasteiger partial charge on any atom is -0.469 e. The summed E-state index contributed by atoms with van der Waals surface area (Å²) in [5.74, 6) is -0.392. The number of halogens is 1. The van der Waals surface area contributed by atoms with Crippen LogP contribution in [0.25, 0.3) is 10.9 Å². The van der Waals surface area contributed by atoms with Crippen LogP contribution < -0.4 is 0 Å². The van der Waals surface area contributed by atoms with Gasteiger partial charge in [0.2, 0.25) is 0 Å². The Kier molecular flexibility index (Phi) is 6.10. The number of aromatic nitrogens is 1. The molecular weight excluding hydrogens is 398 g/mol. The van der Waals surface area contributed by atoms with Crippen LogP contribution >= 0.6 is 11.6 Å². The Bertz CT molecular complexity index is 1100. The normalized spacial score (nSPS) is 11.7. The third-order valence-corrected chi connectivity index (χ3v) is 6.62. The first-order valence-corrected chi connectivity index (χ1v) is 10.9. The smallest absolute Gasteiger partial charge is 0.305 e. The molecule has 0 aliphatic carbocycles. The molecule has 0 radical (unpaired) electrons. The lowest BCUT2D eigenvalue weighted by molar-refractivity contribution is -0.140. The molecule has 0 aliphatic heterocycles. The lowest BCUT2D eigenvalue weighted by Crippen LogP contribution is -2.16. The van der Waals surface area contributed by atoms with Crippen molar-refractivity contribution in [3.05, 3.63) is 64.8 Å². The number of nitrogens with zero attached hydrogens (tertiary/aromatic N) is 1. The molecule has 2 aromatic carbocycles. The SMILES string of the molecule is CCCc1ccc(S(=O)(=O)n2c(CCC(=O)OC)cc3cc(Cl)ccc32)cc1. The average molecular weight is 420 g/mol. The van der Waals surface area contributed by atoms with Crippen molar-refractivity contribution in [3.63, 3.8) is 0 Å². The van der Waals surface area contributed by atoms with E-state index in [9.17, 15) is 13.2 Å². The van der Waals surface area contributed by atoms with Gasteiger partial charge in [0.05, 0.1) is 23.9 Å². The average Bonchev–Trinajstić information content (AvgIpc) is 3.05. The van der Waals surface area contributed by atoms with E-state index in [-0.39, 0.29) is 17.7 Å². The number of ether oxygens (including phenoxy) is 1. The minimum absolute atomic E-state index is 0.0888. The first kappa shape index (κ1) is 20.4. The van der Waals surface area contributed by atoms with Crippen LogP contribution in [0.1, 0.15) is 31.0 Å². The van der Waals surface area contributed by atoms with E-state index in [1.165, 1.54) is 11.1 Å². The van der Waals surface area contributed by atoms with E-state index in [2.05, 4.69) is 6.92 Å². The summed E-state index contributed by atoms with van der Waals surface area (Å²) >= 11 is 6.08. The van der Waals surface area contributed by atoms with Crippen molar-refractivity contribution < 1.29 is 17.9 Å². The molecule has 0 fully saturated rings. The first-order chi connectivity index (χ1) is 13.4. The highest BCUT2D eigenvalue weighted by Crippen LogP contribution is 2.29. The molecule has 0 aliphatic rings. The van der Waals surface area contributed by atoms with Gasteiger partial charge in [-0.15, -0.1) is 0 Å². The number of carbonyl (C=O) groups excluding carboxylic acids is 1. The molecule has 7 heteroatoms. The molecule has 0 spiro atoms. The summed E-state index contributed by atoms with van der Waals surface area (Å²) in [6, 6.07) is 13.8. The summed E-state index contributed by atoms with van der Waals surface area (Å²) in [6.07, 6.45) is 2.22. The molecule has 5 nitrogen and oxygen atoms in total. The second-order valence-electron chi connectivity index (χ2n) is 6.58. The monoisotopic (exact) mass is 419 g/mol. The Balaban J connectivity index is 2.11. The molecule has 0 N–H and O–H groups in total. The molecular formula is C21H22ClNO4S. The third kappa shape index (κ3) is 4.08. The lowest BCUT2D eigenvalue weighted by Gasteiger charge is -2.12. The number of aryl methyl sites for hydroxylation is 2. The van der Waals surface area contributed by atoms with Crippen molar-refractivity contribution >= 4 is 38.5 Å². The van der Waals surface area contributed by atoms with Crippen molar-refractivity contribution in [2.75, 3.05) is 7.11 Å². The zero-order valence-electron chi connectivity index (χ0n) is 15.8. The second-order valence-corrected chi connectivity index (χ2v) is 8.80. The minimum atomic E-state index is -3.83. The highest BCUT2D eigenvalue weighted by Gasteiger charge is 2.23. The van der Waals surface area contributed by atoms with Crippen molar-refractivity contribution in [2.24, 2.45) is 0 Å². The van der Waals surface area contributed by atoms with Crippen molar-refractivity contribution in [1.29, 1.82) is 0 Å². The van der Waals surface area contributed by atoms with Gasteiger partial charge in [0.15, 0.2) is 0 Å². The van der Waals surface area contributed by atoms with Gasteiger partial charge in [-0.25, -0.2) is 12.4 Å². The van der Waals surface area contributed by atoms with Crippen molar-refractivity contribution in [3.8, 4) is 0 Å². The molecule has 0 atom stereocenters. The zero-order chi connectivity index (χ0) is 20.3. The molecule has 0 saturated heterocycles. The topological polar surface area (TPSA) is 65.4 Å². The molecule has 3 rings (SSSR count). The molecule has 1 aromatic heterocycles. The van der Waals surface area contributed by atoms with Gasteiger partial charge in [0.1, 0.15) is 0 Å². The molecule has 0 saturated carbocycles. The highest BCUT2D eigenvalue weighted by atomic mass is 35.5. The van der Waals surface area contributed by atoms with Crippen molar-refractivity contribution in [2.45, 2.75) is 37.5 Å². The van der Waals surface area contributed by atoms with Crippen LogP contribution in [0.15, 0.2) is 53.4 Å². The zero-order valence-corrected chi connectivity index (χ0v) is 17.4. The summed E-state index contributed by atoms with van der Waals surface area (Å²) in [7, 11) is -2.52. The largest absolute Gasteiger partial charge is 0.469 e. The van der Waals surface area contributed by atoms with Gasteiger partial charge in [-0.05, 0) is 54.8 Å². The number of benzene rings is 2. The quantitative estimate of drug-likeness (QED) is 0.525. The lowest BCUT2D eigenvalue weighted by atomic mass is 10.1. The van der Waals surface area contributed by atoms with Crippen molar-refractivity contribution in [1.82, 2.24) is 3.97 Å². The van der Waals surface area contributed by atoms with Crippen LogP contribution in [0, 0.1) is 0 Å². The maximum atomic E-state index is 13.4. The van der Waals surface area contributed by atoms with Crippen LogP contribution in [0.2, 0.25) is 5.02 Å². The fourth-order valence-corrected chi connectivity index (χ4v) is 4.98. The van der Waals surface area contributed by atoms with Gasteiger partial charge in [-0.3, -0.25) is 4.79 Å². The van der Waals surface area contributed by atoms with E-state index >= 15 is 0 Å². The summed E-state index contributed by atoms with van der Waals surface area (Å²) in [5.41, 5.74) is 2.14. The van der Waals surface area contributed by atoms with Gasteiger partial charge in [0, 0.05) is 16.1 Å². The molecule has 148 valence electrons. The van der Waals surface area contributed by atoms with E-state index in [1.807, 2.05) is 12.1 Å². The number of hydrogen-bond donors (Lipinski definition) is 0. The molecule has 1 heterocycles. The second kappa shape index (κ2) is 8.37. The summed E-state index contributed by atoms with van der Waals surface area (Å²) in [5, 5.41) is 1.23. The number of fused-ring (bicyclic) bond motifs is 1. The van der Waals surface area contributed by atoms with Crippen LogP contribution in [0.4, 0.5) is 0 Å². The number of carbonyl (C=O) groups is 1. The van der Waals surface area contributed by atoms with Crippen LogP contribution in [-0.2, 0) is 32.4 Å². The molecule has 3 aromatic rings. The Labute approximate surface area is 169 Å². The molecule has 28 heavy (non-hydrogen) atoms. The molecule has 0 amide bonds. The number of methoxy groups -OCH3 is 1. The standard InChI is InChI=1S/C21H22ClNO4S/c1-3-4-15-5-9-19(10-6-15)28(25,26)23-18(8-12-21(24)27-2)14-16-13-17(22)7-11-20(16)23/h5-7,9-11,13-14H,3-4,8,12H2,1-2H3. The first-order valence-electron chi connectivity index (χ1n) is 9.08. The number of esters is 1. The highest BCUT2D eigenvalue weighted by molar-refractivity contribution is 7.90. The Hall–Kier alpha value is -2.31. The maximum absolute atomic E-state index is 13.4. The predicted octanol–water partition coefficient (Wildman–Crippen LogP) is 4.59. The van der Waals surface area contributed by atoms with Crippen LogP contribution in [0.5, 0.6) is 0 Å². The fourth-order valence-electron chi connectivity index (χ4n) is 3.23. The summed E-state index contributed by atoms with van der Waals surface area (Å²) < 4.78 is 32.8.